The van der Waals surface area contributed by atoms with Gasteiger partial charge in [-0.3, -0.25) is 14.6 Å². The Kier molecular flexibility index (Phi) is 4.84. The van der Waals surface area contributed by atoms with E-state index >= 15 is 0 Å². The van der Waals surface area contributed by atoms with Gasteiger partial charge in [0.2, 0.25) is 0 Å². The van der Waals surface area contributed by atoms with E-state index in [4.69, 9.17) is 5.26 Å². The van der Waals surface area contributed by atoms with Crippen molar-refractivity contribution < 1.29 is 9.59 Å². The summed E-state index contributed by atoms with van der Waals surface area (Å²) in [6, 6.07) is 18.9. The number of nitrogens with one attached hydrogen (secondary N) is 1. The van der Waals surface area contributed by atoms with Gasteiger partial charge < -0.3 is 5.32 Å². The van der Waals surface area contributed by atoms with Gasteiger partial charge in [0.15, 0.2) is 0 Å². The lowest BCUT2D eigenvalue weighted by molar-refractivity contribution is -0.133. The number of amides is 3. The fraction of sp³-hybridized carbons (Fsp3) is 0.318. The molecule has 4 rings (SSSR count). The Morgan fingerprint density at radius 2 is 1.71 bits per heavy atom. The van der Waals surface area contributed by atoms with Crippen molar-refractivity contribution in [1.29, 1.82) is 5.26 Å². The Balaban J connectivity index is 1.48. The van der Waals surface area contributed by atoms with Crippen LogP contribution in [0, 0.1) is 11.3 Å². The number of hydrogen-bond acceptors (Lipinski definition) is 4. The van der Waals surface area contributed by atoms with Crippen LogP contribution in [0.5, 0.6) is 0 Å². The van der Waals surface area contributed by atoms with E-state index in [9.17, 15) is 9.59 Å². The number of carbonyl (C=O) groups is 2. The van der Waals surface area contributed by atoms with Gasteiger partial charge >= 0.3 is 6.03 Å². The molecule has 2 heterocycles. The van der Waals surface area contributed by atoms with Gasteiger partial charge in [-0.25, -0.2) is 4.79 Å². The highest BCUT2D eigenvalue weighted by Crippen LogP contribution is 2.30. The van der Waals surface area contributed by atoms with Crippen molar-refractivity contribution in [2.45, 2.75) is 31.5 Å². The topological polar surface area (TPSA) is 76.4 Å². The summed E-state index contributed by atoms with van der Waals surface area (Å²) in [6.07, 6.45) is 1.52. The normalized spacial score (nSPS) is 22.3. The highest BCUT2D eigenvalue weighted by atomic mass is 16.2. The van der Waals surface area contributed by atoms with Crippen LogP contribution in [0.4, 0.5) is 4.79 Å². The molecule has 2 aromatic carbocycles. The van der Waals surface area contributed by atoms with Crippen molar-refractivity contribution >= 4 is 11.9 Å². The molecule has 1 spiro atoms. The number of benzene rings is 2. The monoisotopic (exact) mass is 374 g/mol. The zero-order chi connectivity index (χ0) is 19.6. The average Bonchev–Trinajstić information content (AvgIpc) is 2.93. The van der Waals surface area contributed by atoms with Crippen molar-refractivity contribution in [2.24, 2.45) is 0 Å². The number of urea groups is 1. The molecule has 2 fully saturated rings. The van der Waals surface area contributed by atoms with E-state index in [1.807, 2.05) is 18.2 Å². The Bertz CT molecular complexity index is 920. The third-order valence-electron chi connectivity index (χ3n) is 5.49. The second-order valence-electron chi connectivity index (χ2n) is 7.51. The first-order valence-corrected chi connectivity index (χ1v) is 9.49. The molecule has 0 bridgehead atoms. The van der Waals surface area contributed by atoms with E-state index in [0.29, 0.717) is 18.5 Å². The van der Waals surface area contributed by atoms with Gasteiger partial charge in [-0.2, -0.15) is 5.26 Å². The second kappa shape index (κ2) is 7.45. The fourth-order valence-corrected chi connectivity index (χ4v) is 4.08. The molecular formula is C22H22N4O2. The number of likely N-dealkylation sites (tertiary alicyclic amines) is 1. The van der Waals surface area contributed by atoms with Gasteiger partial charge in [-0.05, 0) is 42.6 Å². The van der Waals surface area contributed by atoms with Crippen LogP contribution in [0.15, 0.2) is 54.6 Å². The molecular weight excluding hydrogens is 352 g/mol. The summed E-state index contributed by atoms with van der Waals surface area (Å²) in [5.41, 5.74) is 1.75. The van der Waals surface area contributed by atoms with Crippen LogP contribution >= 0.6 is 0 Å². The first kappa shape index (κ1) is 18.2. The summed E-state index contributed by atoms with van der Waals surface area (Å²) in [5.74, 6) is -0.153. The molecule has 2 aliphatic heterocycles. The highest BCUT2D eigenvalue weighted by molar-refractivity contribution is 6.07. The molecule has 2 aromatic rings. The molecule has 2 saturated heterocycles. The summed E-state index contributed by atoms with van der Waals surface area (Å²) in [7, 11) is 0. The van der Waals surface area contributed by atoms with Gasteiger partial charge in [0.1, 0.15) is 5.54 Å². The molecule has 0 saturated carbocycles. The van der Waals surface area contributed by atoms with E-state index in [1.165, 1.54) is 10.5 Å². The molecule has 1 N–H and O–H groups in total. The molecule has 0 aromatic heterocycles. The van der Waals surface area contributed by atoms with Gasteiger partial charge in [0, 0.05) is 13.1 Å². The summed E-state index contributed by atoms with van der Waals surface area (Å²) >= 11 is 0. The van der Waals surface area contributed by atoms with Crippen LogP contribution in [0.2, 0.25) is 0 Å². The maximum Gasteiger partial charge on any atom is 0.325 e. The minimum Gasteiger partial charge on any atom is -0.322 e. The minimum atomic E-state index is -0.837. The molecule has 6 heteroatoms. The van der Waals surface area contributed by atoms with E-state index < -0.39 is 5.54 Å². The van der Waals surface area contributed by atoms with E-state index in [0.717, 1.165) is 25.1 Å². The lowest BCUT2D eigenvalue weighted by atomic mass is 9.88. The van der Waals surface area contributed by atoms with Gasteiger partial charge in [-0.1, -0.05) is 42.5 Å². The van der Waals surface area contributed by atoms with Gasteiger partial charge in [-0.15, -0.1) is 0 Å². The number of nitriles is 1. The molecule has 6 nitrogen and oxygen atoms in total. The predicted octanol–water partition coefficient (Wildman–Crippen LogP) is 2.64. The van der Waals surface area contributed by atoms with E-state index in [2.05, 4.69) is 28.4 Å². The second-order valence-corrected chi connectivity index (χ2v) is 7.51. The standard InChI is InChI=1S/C22H22N4O2/c23-13-17-7-9-19(10-8-17)15-26-20(27)22(24-21(26)28)11-4-12-25(16-22)14-18-5-2-1-3-6-18/h1-3,5-10H,4,11-12,14-16H2,(H,24,28). The maximum atomic E-state index is 13.2. The van der Waals surface area contributed by atoms with Crippen LogP contribution in [0.25, 0.3) is 0 Å². The van der Waals surface area contributed by atoms with Crippen molar-refractivity contribution in [1.82, 2.24) is 15.1 Å². The molecule has 1 unspecified atom stereocenters. The maximum absolute atomic E-state index is 13.2. The summed E-state index contributed by atoms with van der Waals surface area (Å²) in [4.78, 5) is 29.3. The summed E-state index contributed by atoms with van der Waals surface area (Å²) < 4.78 is 0. The summed E-state index contributed by atoms with van der Waals surface area (Å²) in [6.45, 7) is 2.42. The molecule has 1 atom stereocenters. The van der Waals surface area contributed by atoms with Gasteiger partial charge in [0.25, 0.3) is 5.91 Å². The third kappa shape index (κ3) is 3.49. The predicted molar refractivity (Wildman–Crippen MR) is 104 cm³/mol. The Labute approximate surface area is 164 Å². The molecule has 28 heavy (non-hydrogen) atoms. The average molecular weight is 374 g/mol. The zero-order valence-electron chi connectivity index (χ0n) is 15.6. The molecule has 2 aliphatic rings. The number of rotatable bonds is 4. The third-order valence-corrected chi connectivity index (χ3v) is 5.49. The van der Waals surface area contributed by atoms with Gasteiger partial charge in [0.05, 0.1) is 18.2 Å². The number of imide groups is 1. The molecule has 3 amide bonds. The Morgan fingerprint density at radius 3 is 2.43 bits per heavy atom. The first-order valence-electron chi connectivity index (χ1n) is 9.49. The van der Waals surface area contributed by atoms with Crippen LogP contribution < -0.4 is 5.32 Å². The van der Waals surface area contributed by atoms with Crippen molar-refractivity contribution in [3.63, 3.8) is 0 Å². The van der Waals surface area contributed by atoms with E-state index in [-0.39, 0.29) is 18.5 Å². The van der Waals surface area contributed by atoms with Crippen molar-refractivity contribution in [3.8, 4) is 6.07 Å². The first-order chi connectivity index (χ1) is 13.6. The van der Waals surface area contributed by atoms with Crippen molar-refractivity contribution in [2.75, 3.05) is 13.1 Å². The number of piperidine rings is 1. The minimum absolute atomic E-state index is 0.153. The number of nitrogens with zero attached hydrogens (tertiary/aromatic N) is 3. The lowest BCUT2D eigenvalue weighted by Gasteiger charge is -2.38. The molecule has 0 aliphatic carbocycles. The SMILES string of the molecule is N#Cc1ccc(CN2C(=O)NC3(CCCN(Cc4ccccc4)C3)C2=O)cc1. The Morgan fingerprint density at radius 1 is 1.00 bits per heavy atom. The van der Waals surface area contributed by atoms with E-state index in [1.54, 1.807) is 24.3 Å². The smallest absolute Gasteiger partial charge is 0.322 e. The van der Waals surface area contributed by atoms with Crippen LogP contribution in [0.1, 0.15) is 29.5 Å². The fourth-order valence-electron chi connectivity index (χ4n) is 4.08. The van der Waals surface area contributed by atoms with Crippen LogP contribution in [0.3, 0.4) is 0 Å². The molecule has 0 radical (unpaired) electrons. The zero-order valence-corrected chi connectivity index (χ0v) is 15.6. The molecule has 142 valence electrons. The number of carbonyl (C=O) groups excluding carboxylic acids is 2. The quantitative estimate of drug-likeness (QED) is 0.835. The highest BCUT2D eigenvalue weighted by Gasteiger charge is 2.52. The van der Waals surface area contributed by atoms with Crippen LogP contribution in [-0.4, -0.2) is 40.4 Å². The largest absolute Gasteiger partial charge is 0.325 e. The lowest BCUT2D eigenvalue weighted by Crippen LogP contribution is -2.58. The summed E-state index contributed by atoms with van der Waals surface area (Å²) in [5, 5.41) is 11.9. The Hall–Kier alpha value is -3.17. The number of hydrogen-bond donors (Lipinski definition) is 1. The van der Waals surface area contributed by atoms with Crippen molar-refractivity contribution in [3.05, 3.63) is 71.3 Å². The van der Waals surface area contributed by atoms with Crippen LogP contribution in [-0.2, 0) is 17.9 Å².